The van der Waals surface area contributed by atoms with Gasteiger partial charge in [-0.25, -0.2) is 13.1 Å². The van der Waals surface area contributed by atoms with Crippen molar-refractivity contribution in [3.63, 3.8) is 0 Å². The van der Waals surface area contributed by atoms with Crippen LogP contribution in [0.3, 0.4) is 0 Å². The van der Waals surface area contributed by atoms with Crippen LogP contribution in [0.25, 0.3) is 10.9 Å². The van der Waals surface area contributed by atoms with Crippen LogP contribution >= 0.6 is 0 Å². The van der Waals surface area contributed by atoms with E-state index in [1.807, 2.05) is 4.72 Å². The molecule has 0 spiro atoms. The van der Waals surface area contributed by atoms with Crippen molar-refractivity contribution in [3.05, 3.63) is 35.5 Å². The van der Waals surface area contributed by atoms with Crippen LogP contribution in [0.15, 0.2) is 24.4 Å². The molecule has 5 nitrogen and oxygen atoms in total. The summed E-state index contributed by atoms with van der Waals surface area (Å²) in [6.45, 7) is -4.83. The molecule has 0 saturated heterocycles. The first kappa shape index (κ1) is 8.17. The SMILES string of the molecule is [2H]C([2H])([2H])N(C)C([2H])([2H])Cc1c[nH]c2ccc(C([2H])([2H])S(=O)(=O)NC)cc12. The summed E-state index contributed by atoms with van der Waals surface area (Å²) in [6, 6.07) is 4.17. The van der Waals surface area contributed by atoms with Crippen molar-refractivity contribution in [2.75, 3.05) is 27.6 Å². The topological polar surface area (TPSA) is 65.2 Å². The number of aromatic nitrogens is 1. The zero-order chi connectivity index (χ0) is 20.8. The monoisotopic (exact) mass is 302 g/mol. The van der Waals surface area contributed by atoms with E-state index in [0.29, 0.717) is 21.4 Å². The number of hydrogen-bond donors (Lipinski definition) is 2. The molecule has 0 aliphatic rings. The Morgan fingerprint density at radius 2 is 2.30 bits per heavy atom. The lowest BCUT2D eigenvalue weighted by molar-refractivity contribution is 0.414. The number of likely N-dealkylation sites (N-methyl/N-ethyl adjacent to an activating group) is 1. The summed E-state index contributed by atoms with van der Waals surface area (Å²) in [5.41, 5.74) is -1.85. The fourth-order valence-electron chi connectivity index (χ4n) is 1.80. The molecule has 0 aliphatic heterocycles. The number of benzene rings is 1. The van der Waals surface area contributed by atoms with Gasteiger partial charge >= 0.3 is 0 Å². The predicted molar refractivity (Wildman–Crippen MR) is 82.2 cm³/mol. The van der Waals surface area contributed by atoms with Crippen LogP contribution in [-0.2, 0) is 22.1 Å². The van der Waals surface area contributed by atoms with E-state index in [2.05, 4.69) is 4.98 Å². The smallest absolute Gasteiger partial charge is 0.215 e. The van der Waals surface area contributed by atoms with Gasteiger partial charge in [-0.3, -0.25) is 0 Å². The second kappa shape index (κ2) is 5.95. The molecule has 0 radical (unpaired) electrons. The Labute approximate surface area is 129 Å². The van der Waals surface area contributed by atoms with Crippen LogP contribution in [-0.4, -0.2) is 45.9 Å². The summed E-state index contributed by atoms with van der Waals surface area (Å²) in [5, 5.41) is 0.422. The first-order chi connectivity index (χ1) is 12.1. The molecule has 6 heteroatoms. The second-order valence-corrected chi connectivity index (χ2v) is 5.90. The third-order valence-electron chi connectivity index (χ3n) is 2.80. The Kier molecular flexibility index (Phi) is 2.43. The van der Waals surface area contributed by atoms with Gasteiger partial charge < -0.3 is 9.88 Å². The molecule has 2 rings (SSSR count). The van der Waals surface area contributed by atoms with Gasteiger partial charge in [0.2, 0.25) is 10.0 Å². The Morgan fingerprint density at radius 1 is 1.50 bits per heavy atom. The van der Waals surface area contributed by atoms with Crippen LogP contribution in [0.1, 0.15) is 20.7 Å². The fourth-order valence-corrected chi connectivity index (χ4v) is 2.34. The Hall–Kier alpha value is -1.37. The number of sulfonamides is 1. The van der Waals surface area contributed by atoms with Crippen molar-refractivity contribution >= 4 is 20.9 Å². The van der Waals surface area contributed by atoms with E-state index in [0.717, 1.165) is 14.1 Å². The molecule has 2 N–H and O–H groups in total. The average molecular weight is 302 g/mol. The number of aromatic amines is 1. The highest BCUT2D eigenvalue weighted by molar-refractivity contribution is 7.88. The molecule has 110 valence electrons. The van der Waals surface area contributed by atoms with Crippen molar-refractivity contribution in [1.29, 1.82) is 0 Å². The Morgan fingerprint density at radius 3 is 3.00 bits per heavy atom. The molecule has 0 bridgehead atoms. The van der Waals surface area contributed by atoms with Crippen molar-refractivity contribution in [3.8, 4) is 0 Å². The summed E-state index contributed by atoms with van der Waals surface area (Å²) >= 11 is 0. The standard InChI is InChI=1S/C14H21N3O2S/c1-15-20(18,19)10-11-4-5-14-13(8-11)12(9-16-14)6-7-17(2)3/h4-5,8-9,15-16H,6-7,10H2,1-3H3/i2D3,7D2,10D2. The highest BCUT2D eigenvalue weighted by atomic mass is 32.2. The van der Waals surface area contributed by atoms with E-state index in [1.165, 1.54) is 24.4 Å². The molecule has 0 aliphatic carbocycles. The maximum absolute atomic E-state index is 12.0. The summed E-state index contributed by atoms with van der Waals surface area (Å²) in [4.78, 5) is 3.55. The molecule has 0 unspecified atom stereocenters. The van der Waals surface area contributed by atoms with Gasteiger partial charge in [-0.15, -0.1) is 0 Å². The molecule has 0 saturated carbocycles. The van der Waals surface area contributed by atoms with Gasteiger partial charge in [0.15, 0.2) is 0 Å². The predicted octanol–water partition coefficient (Wildman–Crippen LogP) is 1.32. The van der Waals surface area contributed by atoms with Gasteiger partial charge in [-0.1, -0.05) is 6.07 Å². The summed E-state index contributed by atoms with van der Waals surface area (Å²) < 4.78 is 80.1. The van der Waals surface area contributed by atoms with E-state index < -0.39 is 29.2 Å². The van der Waals surface area contributed by atoms with Gasteiger partial charge in [-0.05, 0) is 50.8 Å². The fraction of sp³-hybridized carbons (Fsp3) is 0.429. The maximum Gasteiger partial charge on any atom is 0.215 e. The second-order valence-electron chi connectivity index (χ2n) is 4.28. The molecule has 0 atom stereocenters. The van der Waals surface area contributed by atoms with Crippen LogP contribution in [0.2, 0.25) is 0 Å². The van der Waals surface area contributed by atoms with E-state index >= 15 is 0 Å². The lowest BCUT2D eigenvalue weighted by Crippen LogP contribution is -2.20. The zero-order valence-corrected chi connectivity index (χ0v) is 12.0. The number of H-pyrrole nitrogens is 1. The third-order valence-corrected chi connectivity index (χ3v) is 3.84. The summed E-state index contributed by atoms with van der Waals surface area (Å²) in [7, 11) is -1.99. The van der Waals surface area contributed by atoms with E-state index in [-0.39, 0.29) is 12.0 Å². The van der Waals surface area contributed by atoms with Crippen LogP contribution in [0.4, 0.5) is 0 Å². The van der Waals surface area contributed by atoms with Crippen LogP contribution < -0.4 is 4.72 Å². The van der Waals surface area contributed by atoms with Crippen molar-refractivity contribution < 1.29 is 18.0 Å². The van der Waals surface area contributed by atoms with Gasteiger partial charge in [-0.2, -0.15) is 0 Å². The van der Waals surface area contributed by atoms with E-state index in [4.69, 9.17) is 9.60 Å². The van der Waals surface area contributed by atoms with Crippen molar-refractivity contribution in [2.24, 2.45) is 0 Å². The quantitative estimate of drug-likeness (QED) is 0.846. The van der Waals surface area contributed by atoms with Gasteiger partial charge in [0.25, 0.3) is 0 Å². The Bertz CT molecular complexity index is 938. The average Bonchev–Trinajstić information content (AvgIpc) is 2.94. The zero-order valence-electron chi connectivity index (χ0n) is 18.2. The van der Waals surface area contributed by atoms with Crippen molar-refractivity contribution in [2.45, 2.75) is 12.1 Å². The lowest BCUT2D eigenvalue weighted by atomic mass is 10.1. The highest BCUT2D eigenvalue weighted by Gasteiger charge is 2.11. The van der Waals surface area contributed by atoms with Crippen molar-refractivity contribution in [1.82, 2.24) is 14.6 Å². The van der Waals surface area contributed by atoms with Crippen LogP contribution in [0.5, 0.6) is 0 Å². The number of nitrogens with one attached hydrogen (secondary N) is 2. The number of aryl methyl sites for hydroxylation is 1. The van der Waals surface area contributed by atoms with Gasteiger partial charge in [0.05, 0.1) is 5.70 Å². The molecule has 1 heterocycles. The largest absolute Gasteiger partial charge is 0.361 e. The van der Waals surface area contributed by atoms with Crippen LogP contribution in [0, 0.1) is 0 Å². The van der Waals surface area contributed by atoms with E-state index in [9.17, 15) is 8.42 Å². The molecular weight excluding hydrogens is 274 g/mol. The van der Waals surface area contributed by atoms with E-state index in [1.54, 1.807) is 0 Å². The lowest BCUT2D eigenvalue weighted by Gasteiger charge is -2.08. The normalized spacial score (nSPS) is 19.6. The van der Waals surface area contributed by atoms with Gasteiger partial charge in [0.1, 0.15) is 0 Å². The molecule has 0 amide bonds. The number of hydrogen-bond acceptors (Lipinski definition) is 3. The minimum atomic E-state index is -4.27. The highest BCUT2D eigenvalue weighted by Crippen LogP contribution is 2.21. The first-order valence-electron chi connectivity index (χ1n) is 9.41. The number of fused-ring (bicyclic) bond motifs is 1. The molecule has 2 aromatic rings. The van der Waals surface area contributed by atoms with Gasteiger partial charge in [0, 0.05) is 33.2 Å². The summed E-state index contributed by atoms with van der Waals surface area (Å²) in [6.07, 6.45) is 1.22. The molecule has 1 aromatic heterocycles. The number of nitrogens with zero attached hydrogens (tertiary/aromatic N) is 1. The third kappa shape index (κ3) is 3.59. The Balaban J connectivity index is 2.50. The first-order valence-corrected chi connectivity index (χ1v) is 7.39. The molecule has 1 aromatic carbocycles. The minimum Gasteiger partial charge on any atom is -0.361 e. The number of rotatable bonds is 6. The molecule has 0 fully saturated rings. The maximum atomic E-state index is 12.0. The minimum absolute atomic E-state index is 0.116. The molecular formula is C14H21N3O2S. The molecule has 20 heavy (non-hydrogen) atoms. The summed E-state index contributed by atoms with van der Waals surface area (Å²) in [5.74, 6) is 0.